The molecule has 104 valence electrons. The molecular weight excluding hydrogens is 264 g/mol. The molecule has 1 fully saturated rings. The van der Waals surface area contributed by atoms with Crippen LogP contribution >= 0.6 is 11.6 Å². The molecule has 1 aromatic rings. The maximum absolute atomic E-state index is 12.1. The Bertz CT molecular complexity index is 460. The van der Waals surface area contributed by atoms with Crippen molar-refractivity contribution in [2.45, 2.75) is 20.8 Å². The van der Waals surface area contributed by atoms with Crippen molar-refractivity contribution in [1.29, 1.82) is 0 Å². The van der Waals surface area contributed by atoms with Crippen LogP contribution in [0.5, 0.6) is 0 Å². The number of nitrogens with one attached hydrogen (secondary N) is 1. The summed E-state index contributed by atoms with van der Waals surface area (Å²) < 4.78 is 0. The smallest absolute Gasteiger partial charge is 0.241 e. The van der Waals surface area contributed by atoms with Crippen LogP contribution in [0.3, 0.4) is 0 Å². The minimum absolute atomic E-state index is 0.0918. The lowest BCUT2D eigenvalue weighted by Crippen LogP contribution is -2.34. The number of anilines is 1. The van der Waals surface area contributed by atoms with Gasteiger partial charge in [0.1, 0.15) is 11.0 Å². The van der Waals surface area contributed by atoms with Crippen molar-refractivity contribution in [2.24, 2.45) is 11.3 Å². The molecule has 2 heterocycles. The van der Waals surface area contributed by atoms with Crippen molar-refractivity contribution < 1.29 is 4.79 Å². The number of carbonyl (C=O) groups is 1. The van der Waals surface area contributed by atoms with E-state index in [1.807, 2.05) is 4.90 Å². The Kier molecular flexibility index (Phi) is 3.94. The van der Waals surface area contributed by atoms with Gasteiger partial charge in [-0.15, -0.1) is 0 Å². The van der Waals surface area contributed by atoms with Gasteiger partial charge in [-0.25, -0.2) is 9.97 Å². The molecule has 1 aliphatic rings. The van der Waals surface area contributed by atoms with Crippen LogP contribution in [0.4, 0.5) is 5.82 Å². The highest BCUT2D eigenvalue weighted by Crippen LogP contribution is 2.34. The predicted octanol–water partition coefficient (Wildman–Crippen LogP) is 2.05. The molecule has 2 rings (SSSR count). The number of halogens is 1. The van der Waals surface area contributed by atoms with Crippen molar-refractivity contribution >= 4 is 23.3 Å². The first-order valence-corrected chi connectivity index (χ1v) is 6.75. The lowest BCUT2D eigenvalue weighted by Gasteiger charge is -2.22. The molecule has 0 aliphatic carbocycles. The van der Waals surface area contributed by atoms with E-state index in [2.05, 4.69) is 36.1 Å². The molecule has 19 heavy (non-hydrogen) atoms. The molecule has 1 aromatic heterocycles. The Morgan fingerprint density at radius 3 is 2.79 bits per heavy atom. The largest absolute Gasteiger partial charge is 0.360 e. The average Bonchev–Trinajstić information content (AvgIpc) is 2.63. The normalized spacial score (nSPS) is 21.5. The van der Waals surface area contributed by atoms with E-state index in [0.29, 0.717) is 16.9 Å². The monoisotopic (exact) mass is 282 g/mol. The third-order valence-corrected chi connectivity index (χ3v) is 4.02. The predicted molar refractivity (Wildman–Crippen MR) is 75.1 cm³/mol. The van der Waals surface area contributed by atoms with E-state index in [1.54, 1.807) is 0 Å². The number of rotatable bonds is 3. The molecule has 5 nitrogen and oxygen atoms in total. The van der Waals surface area contributed by atoms with Crippen LogP contribution in [-0.4, -0.2) is 40.4 Å². The summed E-state index contributed by atoms with van der Waals surface area (Å²) in [6, 6.07) is 0. The van der Waals surface area contributed by atoms with E-state index < -0.39 is 0 Å². The van der Waals surface area contributed by atoms with E-state index in [4.69, 9.17) is 11.6 Å². The van der Waals surface area contributed by atoms with Gasteiger partial charge in [-0.3, -0.25) is 4.79 Å². The van der Waals surface area contributed by atoms with Crippen LogP contribution in [0, 0.1) is 11.3 Å². The lowest BCUT2D eigenvalue weighted by molar-refractivity contribution is -0.128. The summed E-state index contributed by atoms with van der Waals surface area (Å²) in [5.41, 5.74) is 0.190. The molecule has 0 aromatic carbocycles. The molecule has 1 unspecified atom stereocenters. The fraction of sp³-hybridized carbons (Fsp3) is 0.615. The van der Waals surface area contributed by atoms with Gasteiger partial charge >= 0.3 is 0 Å². The van der Waals surface area contributed by atoms with Gasteiger partial charge in [0.2, 0.25) is 5.91 Å². The molecule has 0 bridgehead atoms. The molecule has 1 saturated heterocycles. The molecule has 0 spiro atoms. The summed E-state index contributed by atoms with van der Waals surface area (Å²) in [5, 5.41) is 3.31. The molecule has 0 saturated carbocycles. The summed E-state index contributed by atoms with van der Waals surface area (Å²) in [6.45, 7) is 8.44. The first-order valence-electron chi connectivity index (χ1n) is 6.38. The molecular formula is C13H19ClN4O. The highest BCUT2D eigenvalue weighted by Gasteiger charge is 2.38. The highest BCUT2D eigenvalue weighted by atomic mass is 35.5. The second-order valence-electron chi connectivity index (χ2n) is 5.74. The van der Waals surface area contributed by atoms with Gasteiger partial charge in [0, 0.05) is 13.1 Å². The van der Waals surface area contributed by atoms with Gasteiger partial charge in [0.15, 0.2) is 0 Å². The molecule has 0 radical (unpaired) electrons. The van der Waals surface area contributed by atoms with Crippen LogP contribution in [0.15, 0.2) is 12.4 Å². The Hall–Kier alpha value is -1.36. The summed E-state index contributed by atoms with van der Waals surface area (Å²) in [7, 11) is 0. The Balaban J connectivity index is 1.87. The Labute approximate surface area is 118 Å². The zero-order valence-electron chi connectivity index (χ0n) is 11.5. The van der Waals surface area contributed by atoms with Crippen molar-refractivity contribution in [3.8, 4) is 0 Å². The zero-order chi connectivity index (χ0) is 14.0. The summed E-state index contributed by atoms with van der Waals surface area (Å²) in [5.74, 6) is 1.17. The number of likely N-dealkylation sites (tertiary alicyclic amines) is 1. The van der Waals surface area contributed by atoms with Gasteiger partial charge in [0.05, 0.1) is 18.9 Å². The maximum atomic E-state index is 12.1. The summed E-state index contributed by atoms with van der Waals surface area (Å²) >= 11 is 5.65. The van der Waals surface area contributed by atoms with Gasteiger partial charge in [0.25, 0.3) is 0 Å². The topological polar surface area (TPSA) is 58.1 Å². The fourth-order valence-electron chi connectivity index (χ4n) is 2.16. The number of amides is 1. The van der Waals surface area contributed by atoms with E-state index >= 15 is 0 Å². The molecule has 1 aliphatic heterocycles. The van der Waals surface area contributed by atoms with Crippen LogP contribution in [0.1, 0.15) is 20.8 Å². The quantitative estimate of drug-likeness (QED) is 0.922. The number of hydrogen-bond acceptors (Lipinski definition) is 4. The van der Waals surface area contributed by atoms with E-state index in [-0.39, 0.29) is 17.9 Å². The number of carbonyl (C=O) groups excluding carboxylic acids is 1. The minimum Gasteiger partial charge on any atom is -0.360 e. The van der Waals surface area contributed by atoms with Crippen molar-refractivity contribution in [3.05, 3.63) is 17.5 Å². The summed E-state index contributed by atoms with van der Waals surface area (Å²) in [4.78, 5) is 22.0. The molecule has 1 N–H and O–H groups in total. The Morgan fingerprint density at radius 1 is 1.53 bits per heavy atom. The first kappa shape index (κ1) is 14.1. The number of aromatic nitrogens is 2. The van der Waals surface area contributed by atoms with Crippen molar-refractivity contribution in [3.63, 3.8) is 0 Å². The van der Waals surface area contributed by atoms with Gasteiger partial charge < -0.3 is 10.2 Å². The van der Waals surface area contributed by atoms with Gasteiger partial charge in [-0.1, -0.05) is 32.4 Å². The van der Waals surface area contributed by atoms with Crippen LogP contribution < -0.4 is 5.32 Å². The minimum atomic E-state index is 0.0918. The fourth-order valence-corrected chi connectivity index (χ4v) is 2.26. The van der Waals surface area contributed by atoms with E-state index in [0.717, 1.165) is 13.1 Å². The van der Waals surface area contributed by atoms with Crippen LogP contribution in [0.2, 0.25) is 5.15 Å². The van der Waals surface area contributed by atoms with Crippen molar-refractivity contribution in [2.75, 3.05) is 25.0 Å². The number of hydrogen-bond donors (Lipinski definition) is 1. The molecule has 1 atom stereocenters. The second kappa shape index (κ2) is 5.33. The third kappa shape index (κ3) is 3.35. The first-order chi connectivity index (χ1) is 8.88. The van der Waals surface area contributed by atoms with Crippen molar-refractivity contribution in [1.82, 2.24) is 14.9 Å². The van der Waals surface area contributed by atoms with Crippen LogP contribution in [0.25, 0.3) is 0 Å². The van der Waals surface area contributed by atoms with Crippen LogP contribution in [-0.2, 0) is 4.79 Å². The molecule has 6 heteroatoms. The third-order valence-electron chi connectivity index (χ3n) is 3.82. The van der Waals surface area contributed by atoms with Gasteiger partial charge in [-0.05, 0) is 11.3 Å². The SMILES string of the molecule is CC1CN(C(=O)CNc2cnc(Cl)cn2)CC1(C)C. The van der Waals surface area contributed by atoms with Gasteiger partial charge in [-0.2, -0.15) is 0 Å². The molecule has 1 amide bonds. The Morgan fingerprint density at radius 2 is 2.26 bits per heavy atom. The van der Waals surface area contributed by atoms with E-state index in [9.17, 15) is 4.79 Å². The highest BCUT2D eigenvalue weighted by molar-refractivity contribution is 6.29. The summed E-state index contributed by atoms with van der Waals surface area (Å²) in [6.07, 6.45) is 2.97. The average molecular weight is 283 g/mol. The number of nitrogens with zero attached hydrogens (tertiary/aromatic N) is 3. The van der Waals surface area contributed by atoms with E-state index in [1.165, 1.54) is 12.4 Å². The second-order valence-corrected chi connectivity index (χ2v) is 6.13. The lowest BCUT2D eigenvalue weighted by atomic mass is 9.84. The maximum Gasteiger partial charge on any atom is 0.241 e. The zero-order valence-corrected chi connectivity index (χ0v) is 12.2. The standard InChI is InChI=1S/C13H19ClN4O/c1-9-7-18(8-13(9,2)3)12(19)6-17-11-5-15-10(14)4-16-11/h4-5,9H,6-8H2,1-3H3,(H,16,17).